The number of ketones is 1. The number of aromatic hydroxyl groups is 3. The van der Waals surface area contributed by atoms with Crippen LogP contribution in [0, 0.1) is 11.6 Å². The SMILES string of the molecule is O=C(c1ccc(F)c(F)c1)c1ccc2ccc(/C=C/c3ccc(O)c(O)c3)nc2c1O. The Kier molecular flexibility index (Phi) is 5.09. The molecule has 3 aromatic carbocycles. The van der Waals surface area contributed by atoms with Crippen molar-refractivity contribution >= 4 is 28.8 Å². The number of phenolic OH excluding ortho intramolecular Hbond substituents is 3. The molecule has 0 aliphatic heterocycles. The van der Waals surface area contributed by atoms with Crippen LogP contribution < -0.4 is 0 Å². The van der Waals surface area contributed by atoms with Gasteiger partial charge in [-0.3, -0.25) is 4.79 Å². The van der Waals surface area contributed by atoms with E-state index >= 15 is 0 Å². The monoisotopic (exact) mass is 419 g/mol. The number of halogens is 2. The predicted molar refractivity (Wildman–Crippen MR) is 112 cm³/mol. The fourth-order valence-corrected chi connectivity index (χ4v) is 3.08. The van der Waals surface area contributed by atoms with Crippen molar-refractivity contribution in [2.45, 2.75) is 0 Å². The maximum atomic E-state index is 13.5. The van der Waals surface area contributed by atoms with Crippen LogP contribution in [0.4, 0.5) is 8.78 Å². The lowest BCUT2D eigenvalue weighted by Crippen LogP contribution is -2.03. The van der Waals surface area contributed by atoms with E-state index in [1.54, 1.807) is 36.4 Å². The number of rotatable bonds is 4. The number of phenols is 3. The van der Waals surface area contributed by atoms with Gasteiger partial charge in [0.15, 0.2) is 34.7 Å². The van der Waals surface area contributed by atoms with Crippen molar-refractivity contribution in [2.75, 3.05) is 0 Å². The average molecular weight is 419 g/mol. The summed E-state index contributed by atoms with van der Waals surface area (Å²) in [6.07, 6.45) is 3.29. The summed E-state index contributed by atoms with van der Waals surface area (Å²) in [4.78, 5) is 17.1. The zero-order valence-corrected chi connectivity index (χ0v) is 15.9. The van der Waals surface area contributed by atoms with E-state index in [4.69, 9.17) is 0 Å². The van der Waals surface area contributed by atoms with E-state index in [1.807, 2.05) is 0 Å². The molecular formula is C24H15F2NO4. The molecule has 1 heterocycles. The van der Waals surface area contributed by atoms with Crippen LogP contribution in [0.25, 0.3) is 23.1 Å². The van der Waals surface area contributed by atoms with E-state index in [0.29, 0.717) is 16.6 Å². The van der Waals surface area contributed by atoms with E-state index in [0.717, 1.165) is 18.2 Å². The predicted octanol–water partition coefficient (Wildman–Crippen LogP) is 5.03. The van der Waals surface area contributed by atoms with Crippen molar-refractivity contribution in [1.29, 1.82) is 0 Å². The topological polar surface area (TPSA) is 90.7 Å². The van der Waals surface area contributed by atoms with E-state index in [9.17, 15) is 28.9 Å². The van der Waals surface area contributed by atoms with Gasteiger partial charge in [-0.25, -0.2) is 13.8 Å². The molecule has 0 saturated carbocycles. The first-order valence-electron chi connectivity index (χ1n) is 9.16. The van der Waals surface area contributed by atoms with Crippen LogP contribution in [0.5, 0.6) is 17.2 Å². The number of aromatic nitrogens is 1. The van der Waals surface area contributed by atoms with Gasteiger partial charge in [-0.1, -0.05) is 24.3 Å². The number of nitrogens with zero attached hydrogens (tertiary/aromatic N) is 1. The molecule has 0 unspecified atom stereocenters. The van der Waals surface area contributed by atoms with Crippen LogP contribution in [0.2, 0.25) is 0 Å². The molecule has 0 radical (unpaired) electrons. The van der Waals surface area contributed by atoms with Crippen molar-refractivity contribution in [3.8, 4) is 17.2 Å². The quantitative estimate of drug-likeness (QED) is 0.319. The zero-order valence-electron chi connectivity index (χ0n) is 15.9. The Morgan fingerprint density at radius 3 is 2.32 bits per heavy atom. The van der Waals surface area contributed by atoms with Crippen LogP contribution in [0.15, 0.2) is 60.7 Å². The molecule has 4 rings (SSSR count). The highest BCUT2D eigenvalue weighted by molar-refractivity contribution is 6.13. The summed E-state index contributed by atoms with van der Waals surface area (Å²) in [5.41, 5.74) is 1.06. The van der Waals surface area contributed by atoms with Gasteiger partial charge in [0.2, 0.25) is 0 Å². The maximum Gasteiger partial charge on any atom is 0.196 e. The van der Waals surface area contributed by atoms with Gasteiger partial charge in [0.05, 0.1) is 11.3 Å². The summed E-state index contributed by atoms with van der Waals surface area (Å²) in [7, 11) is 0. The molecule has 5 nitrogen and oxygen atoms in total. The minimum Gasteiger partial charge on any atom is -0.505 e. The lowest BCUT2D eigenvalue weighted by molar-refractivity contribution is 0.103. The molecule has 0 atom stereocenters. The molecule has 1 aromatic heterocycles. The summed E-state index contributed by atoms with van der Waals surface area (Å²) in [6, 6.07) is 13.5. The Balaban J connectivity index is 1.71. The number of carbonyl (C=O) groups excluding carboxylic acids is 1. The summed E-state index contributed by atoms with van der Waals surface area (Å²) >= 11 is 0. The molecule has 0 amide bonds. The molecule has 0 saturated heterocycles. The molecular weight excluding hydrogens is 404 g/mol. The van der Waals surface area contributed by atoms with Crippen LogP contribution in [0.1, 0.15) is 27.2 Å². The Hall–Kier alpha value is -4.26. The molecule has 0 aliphatic carbocycles. The molecule has 154 valence electrons. The third kappa shape index (κ3) is 3.93. The van der Waals surface area contributed by atoms with E-state index in [2.05, 4.69) is 4.98 Å². The van der Waals surface area contributed by atoms with Crippen molar-refractivity contribution in [1.82, 2.24) is 4.98 Å². The second-order valence-corrected chi connectivity index (χ2v) is 6.81. The van der Waals surface area contributed by atoms with E-state index in [-0.39, 0.29) is 33.9 Å². The number of carbonyl (C=O) groups is 1. The van der Waals surface area contributed by atoms with Crippen molar-refractivity contribution in [3.05, 3.63) is 94.7 Å². The summed E-state index contributed by atoms with van der Waals surface area (Å²) in [5.74, 6) is -3.75. The van der Waals surface area contributed by atoms with Gasteiger partial charge in [0, 0.05) is 10.9 Å². The van der Waals surface area contributed by atoms with E-state index < -0.39 is 17.4 Å². The minimum absolute atomic E-state index is 0.0874. The van der Waals surface area contributed by atoms with Crippen LogP contribution in [-0.4, -0.2) is 26.1 Å². The first-order chi connectivity index (χ1) is 14.8. The molecule has 3 N–H and O–H groups in total. The van der Waals surface area contributed by atoms with Gasteiger partial charge in [-0.05, 0) is 54.1 Å². The Morgan fingerprint density at radius 2 is 1.58 bits per heavy atom. The van der Waals surface area contributed by atoms with Crippen molar-refractivity contribution in [3.63, 3.8) is 0 Å². The highest BCUT2D eigenvalue weighted by Gasteiger charge is 2.18. The third-order valence-corrected chi connectivity index (χ3v) is 4.73. The lowest BCUT2D eigenvalue weighted by Gasteiger charge is -2.08. The van der Waals surface area contributed by atoms with Gasteiger partial charge in [-0.2, -0.15) is 0 Å². The van der Waals surface area contributed by atoms with Crippen molar-refractivity contribution in [2.24, 2.45) is 0 Å². The van der Waals surface area contributed by atoms with Crippen LogP contribution >= 0.6 is 0 Å². The second-order valence-electron chi connectivity index (χ2n) is 6.81. The fourth-order valence-electron chi connectivity index (χ4n) is 3.08. The molecule has 0 fully saturated rings. The Bertz CT molecular complexity index is 1370. The molecule has 0 spiro atoms. The van der Waals surface area contributed by atoms with Crippen LogP contribution in [-0.2, 0) is 0 Å². The highest BCUT2D eigenvalue weighted by atomic mass is 19.2. The number of benzene rings is 3. The number of hydrogen-bond donors (Lipinski definition) is 3. The summed E-state index contributed by atoms with van der Waals surface area (Å²) in [6.45, 7) is 0. The fraction of sp³-hybridized carbons (Fsp3) is 0. The molecule has 31 heavy (non-hydrogen) atoms. The largest absolute Gasteiger partial charge is 0.505 e. The summed E-state index contributed by atoms with van der Waals surface area (Å²) in [5, 5.41) is 30.2. The number of fused-ring (bicyclic) bond motifs is 1. The molecule has 0 bridgehead atoms. The molecule has 0 aliphatic rings. The van der Waals surface area contributed by atoms with Gasteiger partial charge >= 0.3 is 0 Å². The minimum atomic E-state index is -1.16. The first-order valence-corrected chi connectivity index (χ1v) is 9.16. The zero-order chi connectivity index (χ0) is 22.1. The summed E-state index contributed by atoms with van der Waals surface area (Å²) < 4.78 is 26.6. The van der Waals surface area contributed by atoms with Gasteiger partial charge in [-0.15, -0.1) is 0 Å². The first kappa shape index (κ1) is 20.0. The molecule has 7 heteroatoms. The third-order valence-electron chi connectivity index (χ3n) is 4.73. The van der Waals surface area contributed by atoms with Crippen molar-refractivity contribution < 1.29 is 28.9 Å². The second kappa shape index (κ2) is 7.87. The normalized spacial score (nSPS) is 11.3. The smallest absolute Gasteiger partial charge is 0.196 e. The number of pyridine rings is 1. The average Bonchev–Trinajstić information content (AvgIpc) is 2.76. The highest BCUT2D eigenvalue weighted by Crippen LogP contribution is 2.30. The van der Waals surface area contributed by atoms with Crippen LogP contribution in [0.3, 0.4) is 0 Å². The standard InChI is InChI=1S/C24H15F2NO4/c25-18-9-5-15(12-19(18)26)23(30)17-8-4-14-3-7-16(27-22(14)24(17)31)6-1-13-2-10-20(28)21(29)11-13/h1-12,28-29,31H/b6-1+. The Morgan fingerprint density at radius 1 is 0.806 bits per heavy atom. The molecule has 4 aromatic rings. The number of hydrogen-bond acceptors (Lipinski definition) is 5. The van der Waals surface area contributed by atoms with Gasteiger partial charge < -0.3 is 15.3 Å². The maximum absolute atomic E-state index is 13.5. The van der Waals surface area contributed by atoms with E-state index in [1.165, 1.54) is 18.2 Å². The Labute approximate surface area is 175 Å². The van der Waals surface area contributed by atoms with Gasteiger partial charge in [0.1, 0.15) is 5.52 Å². The van der Waals surface area contributed by atoms with Gasteiger partial charge in [0.25, 0.3) is 0 Å². The lowest BCUT2D eigenvalue weighted by atomic mass is 10.00.